The molecule has 0 radical (unpaired) electrons. The molecule has 3 N–H and O–H groups in total. The maximum atomic E-state index is 5.89. The van der Waals surface area contributed by atoms with Gasteiger partial charge in [-0.1, -0.05) is 18.2 Å². The van der Waals surface area contributed by atoms with E-state index < -0.39 is 0 Å². The third-order valence-electron chi connectivity index (χ3n) is 4.07. The van der Waals surface area contributed by atoms with Crippen molar-refractivity contribution < 1.29 is 0 Å². The molecule has 1 atom stereocenters. The molecule has 1 aliphatic rings. The number of anilines is 1. The van der Waals surface area contributed by atoms with Gasteiger partial charge in [-0.3, -0.25) is 0 Å². The molecule has 1 aliphatic carbocycles. The third kappa shape index (κ3) is 2.28. The van der Waals surface area contributed by atoms with E-state index in [1.165, 1.54) is 46.5 Å². The topological polar surface area (TPSA) is 38.0 Å². The van der Waals surface area contributed by atoms with Crippen molar-refractivity contribution >= 4 is 16.3 Å². The van der Waals surface area contributed by atoms with Crippen LogP contribution in [0.5, 0.6) is 0 Å². The molecular weight excluding hydrogens is 252 g/mol. The van der Waals surface area contributed by atoms with E-state index in [1.807, 2.05) is 7.05 Å². The Morgan fingerprint density at radius 1 is 1.37 bits per heavy atom. The number of benzene rings is 1. The summed E-state index contributed by atoms with van der Waals surface area (Å²) in [6.45, 7) is 0.770. The maximum Gasteiger partial charge on any atom is 0.0959 e. The summed E-state index contributed by atoms with van der Waals surface area (Å²) in [5.74, 6) is 0.559. The van der Waals surface area contributed by atoms with Gasteiger partial charge in [0.05, 0.1) is 5.00 Å². The highest BCUT2D eigenvalue weighted by Crippen LogP contribution is 2.37. The molecule has 3 rings (SSSR count). The molecule has 0 amide bonds. The monoisotopic (exact) mass is 272 g/mol. The second-order valence-electron chi connectivity index (χ2n) is 5.15. The van der Waals surface area contributed by atoms with Gasteiger partial charge in [0.2, 0.25) is 0 Å². The second-order valence-corrected chi connectivity index (χ2v) is 6.07. The van der Waals surface area contributed by atoms with Crippen LogP contribution in [0.3, 0.4) is 0 Å². The average molecular weight is 272 g/mol. The van der Waals surface area contributed by atoms with Crippen LogP contribution in [0.2, 0.25) is 0 Å². The normalized spacial score (nSPS) is 18.1. The van der Waals surface area contributed by atoms with Gasteiger partial charge in [-0.05, 0) is 59.9 Å². The van der Waals surface area contributed by atoms with Crippen LogP contribution in [0.25, 0.3) is 11.1 Å². The fraction of sp³-hybridized carbons (Fsp3) is 0.375. The average Bonchev–Trinajstić information content (AvgIpc) is 2.94. The van der Waals surface area contributed by atoms with Gasteiger partial charge in [-0.25, -0.2) is 0 Å². The number of hydrogen-bond donors (Lipinski definition) is 2. The Kier molecular flexibility index (Phi) is 3.58. The number of fused-ring (bicyclic) bond motifs is 1. The Hall–Kier alpha value is -1.32. The highest BCUT2D eigenvalue weighted by atomic mass is 32.1. The lowest BCUT2D eigenvalue weighted by Crippen LogP contribution is -2.18. The zero-order valence-corrected chi connectivity index (χ0v) is 12.1. The van der Waals surface area contributed by atoms with E-state index in [2.05, 4.69) is 35.0 Å². The number of thiophene rings is 1. The van der Waals surface area contributed by atoms with E-state index in [1.54, 1.807) is 11.3 Å². The van der Waals surface area contributed by atoms with Crippen LogP contribution in [-0.4, -0.2) is 13.6 Å². The predicted molar refractivity (Wildman–Crippen MR) is 84.0 cm³/mol. The molecule has 1 aromatic heterocycles. The Morgan fingerprint density at radius 3 is 3.05 bits per heavy atom. The molecule has 0 unspecified atom stereocenters. The molecule has 0 saturated heterocycles. The highest BCUT2D eigenvalue weighted by Gasteiger charge is 2.19. The summed E-state index contributed by atoms with van der Waals surface area (Å²) < 4.78 is 0. The Morgan fingerprint density at radius 2 is 2.26 bits per heavy atom. The van der Waals surface area contributed by atoms with Gasteiger partial charge in [-0.2, -0.15) is 0 Å². The first kappa shape index (κ1) is 12.7. The third-order valence-corrected chi connectivity index (χ3v) is 5.00. The van der Waals surface area contributed by atoms with Crippen molar-refractivity contribution in [3.8, 4) is 11.1 Å². The Labute approximate surface area is 118 Å². The van der Waals surface area contributed by atoms with Gasteiger partial charge in [0.15, 0.2) is 0 Å². The molecule has 0 spiro atoms. The number of hydrogen-bond acceptors (Lipinski definition) is 3. The summed E-state index contributed by atoms with van der Waals surface area (Å²) in [5.41, 5.74) is 11.5. The van der Waals surface area contributed by atoms with Crippen molar-refractivity contribution in [2.75, 3.05) is 18.9 Å². The smallest absolute Gasteiger partial charge is 0.0959 e. The van der Waals surface area contributed by atoms with Crippen molar-refractivity contribution in [3.05, 3.63) is 40.8 Å². The highest BCUT2D eigenvalue weighted by molar-refractivity contribution is 7.14. The molecule has 1 aromatic carbocycles. The minimum Gasteiger partial charge on any atom is -0.379 e. The van der Waals surface area contributed by atoms with Crippen LogP contribution in [0.4, 0.5) is 5.00 Å². The molecule has 0 aliphatic heterocycles. The molecule has 19 heavy (non-hydrogen) atoms. The molecule has 2 aromatic rings. The van der Waals surface area contributed by atoms with Gasteiger partial charge in [-0.15, -0.1) is 11.3 Å². The van der Waals surface area contributed by atoms with Gasteiger partial charge in [0.1, 0.15) is 0 Å². The van der Waals surface area contributed by atoms with Crippen LogP contribution in [0, 0.1) is 0 Å². The largest absolute Gasteiger partial charge is 0.379 e. The number of nitrogens with two attached hydrogens (primary N) is 1. The van der Waals surface area contributed by atoms with Gasteiger partial charge in [0.25, 0.3) is 0 Å². The minimum atomic E-state index is 0.559. The molecule has 2 nitrogen and oxygen atoms in total. The van der Waals surface area contributed by atoms with E-state index in [-0.39, 0.29) is 0 Å². The predicted octanol–water partition coefficient (Wildman–Crippen LogP) is 3.84. The molecule has 3 heteroatoms. The summed E-state index contributed by atoms with van der Waals surface area (Å²) in [6.07, 6.45) is 3.70. The van der Waals surface area contributed by atoms with Crippen molar-refractivity contribution in [1.82, 2.24) is 0 Å². The summed E-state index contributed by atoms with van der Waals surface area (Å²) in [6, 6.07) is 9.09. The number of rotatable bonds is 3. The standard InChI is InChI=1S/C16H20N2S/c1-18-16-15(7-8-19-16)12-5-6-14-11(9-12)3-2-4-13(14)10-17/h5-9,13,18H,2-4,10,17H2,1H3/t13-/m0/s1. The fourth-order valence-electron chi connectivity index (χ4n) is 3.06. The van der Waals surface area contributed by atoms with Crippen molar-refractivity contribution in [1.29, 1.82) is 0 Å². The van der Waals surface area contributed by atoms with E-state index in [4.69, 9.17) is 5.73 Å². The van der Waals surface area contributed by atoms with Gasteiger partial charge < -0.3 is 11.1 Å². The molecule has 100 valence electrons. The molecule has 0 fully saturated rings. The summed E-state index contributed by atoms with van der Waals surface area (Å²) in [4.78, 5) is 0. The van der Waals surface area contributed by atoms with E-state index in [9.17, 15) is 0 Å². The SMILES string of the molecule is CNc1sccc1-c1ccc2c(c1)CCC[C@H]2CN. The molecular formula is C16H20N2S. The lowest BCUT2D eigenvalue weighted by Gasteiger charge is -2.25. The van der Waals surface area contributed by atoms with Crippen LogP contribution in [0.1, 0.15) is 29.9 Å². The van der Waals surface area contributed by atoms with Gasteiger partial charge >= 0.3 is 0 Å². The van der Waals surface area contributed by atoms with E-state index in [0.717, 1.165) is 6.54 Å². The van der Waals surface area contributed by atoms with E-state index >= 15 is 0 Å². The second kappa shape index (κ2) is 5.35. The Balaban J connectivity index is 2.02. The van der Waals surface area contributed by atoms with Crippen molar-refractivity contribution in [2.45, 2.75) is 25.2 Å². The lowest BCUT2D eigenvalue weighted by molar-refractivity contribution is 0.561. The summed E-state index contributed by atoms with van der Waals surface area (Å²) >= 11 is 1.76. The zero-order valence-electron chi connectivity index (χ0n) is 11.3. The van der Waals surface area contributed by atoms with Gasteiger partial charge in [0, 0.05) is 12.6 Å². The van der Waals surface area contributed by atoms with Crippen LogP contribution < -0.4 is 11.1 Å². The first-order chi connectivity index (χ1) is 9.33. The lowest BCUT2D eigenvalue weighted by atomic mass is 9.82. The zero-order chi connectivity index (χ0) is 13.2. The first-order valence-electron chi connectivity index (χ1n) is 6.92. The minimum absolute atomic E-state index is 0.559. The number of nitrogens with one attached hydrogen (secondary N) is 1. The van der Waals surface area contributed by atoms with Crippen molar-refractivity contribution in [2.24, 2.45) is 5.73 Å². The first-order valence-corrected chi connectivity index (χ1v) is 7.80. The fourth-order valence-corrected chi connectivity index (χ4v) is 3.83. The van der Waals surface area contributed by atoms with Crippen LogP contribution in [0.15, 0.2) is 29.6 Å². The summed E-state index contributed by atoms with van der Waals surface area (Å²) in [5, 5.41) is 6.66. The molecule has 0 saturated carbocycles. The number of aryl methyl sites for hydroxylation is 1. The summed E-state index contributed by atoms with van der Waals surface area (Å²) in [7, 11) is 1.98. The quantitative estimate of drug-likeness (QED) is 0.891. The maximum absolute atomic E-state index is 5.89. The Bertz CT molecular complexity index is 574. The van der Waals surface area contributed by atoms with Crippen LogP contribution in [-0.2, 0) is 6.42 Å². The molecule has 1 heterocycles. The van der Waals surface area contributed by atoms with Crippen LogP contribution >= 0.6 is 11.3 Å². The van der Waals surface area contributed by atoms with Crippen molar-refractivity contribution in [3.63, 3.8) is 0 Å². The van der Waals surface area contributed by atoms with E-state index in [0.29, 0.717) is 5.92 Å². The molecule has 0 bridgehead atoms.